The van der Waals surface area contributed by atoms with Gasteiger partial charge in [-0.1, -0.05) is 18.2 Å². The van der Waals surface area contributed by atoms with Crippen LogP contribution in [0.1, 0.15) is 18.4 Å². The molecule has 4 heteroatoms. The van der Waals surface area contributed by atoms with E-state index in [1.54, 1.807) is 0 Å². The number of carbonyl (C=O) groups is 1. The third-order valence-electron chi connectivity index (χ3n) is 2.85. The second-order valence-corrected chi connectivity index (χ2v) is 4.13. The summed E-state index contributed by atoms with van der Waals surface area (Å²) >= 11 is 0. The smallest absolute Gasteiger partial charge is 0.233 e. The Morgan fingerprint density at radius 2 is 2.29 bits per heavy atom. The van der Waals surface area contributed by atoms with E-state index in [2.05, 4.69) is 16.7 Å². The molecular formula is C13H18N2O2. The molecular weight excluding hydrogens is 216 g/mol. The molecule has 4 nitrogen and oxygen atoms in total. The van der Waals surface area contributed by atoms with Gasteiger partial charge < -0.3 is 15.4 Å². The zero-order valence-electron chi connectivity index (χ0n) is 10.0. The van der Waals surface area contributed by atoms with Crippen LogP contribution in [0.3, 0.4) is 0 Å². The summed E-state index contributed by atoms with van der Waals surface area (Å²) in [7, 11) is 0. The number of nitrogens with one attached hydrogen (secondary N) is 2. The zero-order chi connectivity index (χ0) is 12.1. The number of likely N-dealkylation sites (N-methyl/N-ethyl adjacent to an activating group) is 1. The van der Waals surface area contributed by atoms with Crippen LogP contribution in [-0.2, 0) is 4.79 Å². The molecule has 0 fully saturated rings. The van der Waals surface area contributed by atoms with Crippen LogP contribution < -0.4 is 15.4 Å². The molecule has 1 aromatic rings. The summed E-state index contributed by atoms with van der Waals surface area (Å²) in [5, 5.41) is 5.92. The maximum Gasteiger partial charge on any atom is 0.233 e. The average molecular weight is 234 g/mol. The first-order valence-electron chi connectivity index (χ1n) is 6.00. The van der Waals surface area contributed by atoms with Gasteiger partial charge in [-0.3, -0.25) is 4.79 Å². The molecule has 0 aliphatic carbocycles. The van der Waals surface area contributed by atoms with Crippen molar-refractivity contribution in [2.45, 2.75) is 12.8 Å². The quantitative estimate of drug-likeness (QED) is 0.795. The van der Waals surface area contributed by atoms with Gasteiger partial charge in [-0.2, -0.15) is 0 Å². The van der Waals surface area contributed by atoms with Gasteiger partial charge in [0.2, 0.25) is 5.91 Å². The minimum Gasteiger partial charge on any atom is -0.493 e. The molecule has 1 aliphatic heterocycles. The molecule has 0 bridgehead atoms. The maximum atomic E-state index is 11.3. The Morgan fingerprint density at radius 1 is 1.47 bits per heavy atom. The maximum absolute atomic E-state index is 11.3. The summed E-state index contributed by atoms with van der Waals surface area (Å²) in [6, 6.07) is 8.06. The van der Waals surface area contributed by atoms with Crippen LogP contribution >= 0.6 is 0 Å². The fourth-order valence-electron chi connectivity index (χ4n) is 2.02. The lowest BCUT2D eigenvalue weighted by Gasteiger charge is -2.10. The second-order valence-electron chi connectivity index (χ2n) is 4.13. The number of fused-ring (bicyclic) bond motifs is 1. The van der Waals surface area contributed by atoms with E-state index in [0.717, 1.165) is 12.3 Å². The number of benzene rings is 1. The molecule has 1 aromatic carbocycles. The Balaban J connectivity index is 1.80. The molecule has 0 aromatic heterocycles. The van der Waals surface area contributed by atoms with E-state index in [9.17, 15) is 4.79 Å². The number of carbonyl (C=O) groups excluding carboxylic acids is 1. The molecule has 1 heterocycles. The molecule has 1 atom stereocenters. The van der Waals surface area contributed by atoms with Crippen LogP contribution in [0.25, 0.3) is 0 Å². The number of rotatable bonds is 5. The van der Waals surface area contributed by atoms with Crippen molar-refractivity contribution in [3.8, 4) is 5.75 Å². The van der Waals surface area contributed by atoms with E-state index in [-0.39, 0.29) is 5.91 Å². The minimum atomic E-state index is 0.0414. The summed E-state index contributed by atoms with van der Waals surface area (Å²) in [5.41, 5.74) is 1.23. The van der Waals surface area contributed by atoms with Gasteiger partial charge in [-0.25, -0.2) is 0 Å². The van der Waals surface area contributed by atoms with Gasteiger partial charge in [0.05, 0.1) is 13.2 Å². The number of amides is 1. The van der Waals surface area contributed by atoms with Crippen LogP contribution in [0, 0.1) is 0 Å². The lowest BCUT2D eigenvalue weighted by molar-refractivity contribution is -0.120. The van der Waals surface area contributed by atoms with Crippen molar-refractivity contribution in [3.63, 3.8) is 0 Å². The highest BCUT2D eigenvalue weighted by atomic mass is 16.5. The largest absolute Gasteiger partial charge is 0.493 e. The van der Waals surface area contributed by atoms with Crippen LogP contribution in [-0.4, -0.2) is 32.1 Å². The monoisotopic (exact) mass is 234 g/mol. The third-order valence-corrected chi connectivity index (χ3v) is 2.85. The third kappa shape index (κ3) is 2.97. The first-order chi connectivity index (χ1) is 8.31. The van der Waals surface area contributed by atoms with Crippen molar-refractivity contribution < 1.29 is 9.53 Å². The topological polar surface area (TPSA) is 50.4 Å². The van der Waals surface area contributed by atoms with Gasteiger partial charge >= 0.3 is 0 Å². The van der Waals surface area contributed by atoms with Crippen LogP contribution in [0.4, 0.5) is 0 Å². The van der Waals surface area contributed by atoms with Crippen LogP contribution in [0.5, 0.6) is 5.75 Å². The fourth-order valence-corrected chi connectivity index (χ4v) is 2.02. The van der Waals surface area contributed by atoms with E-state index in [4.69, 9.17) is 4.74 Å². The number of ether oxygens (including phenoxy) is 1. The van der Waals surface area contributed by atoms with Crippen molar-refractivity contribution >= 4 is 5.91 Å². The Hall–Kier alpha value is -1.55. The first-order valence-corrected chi connectivity index (χ1v) is 6.00. The Morgan fingerprint density at radius 3 is 3.12 bits per heavy atom. The van der Waals surface area contributed by atoms with E-state index >= 15 is 0 Å². The van der Waals surface area contributed by atoms with Crippen molar-refractivity contribution in [2.24, 2.45) is 0 Å². The highest BCUT2D eigenvalue weighted by molar-refractivity contribution is 5.77. The summed E-state index contributed by atoms with van der Waals surface area (Å²) in [5.74, 6) is 1.36. The van der Waals surface area contributed by atoms with Gasteiger partial charge in [0.1, 0.15) is 5.75 Å². The molecule has 17 heavy (non-hydrogen) atoms. The molecule has 2 rings (SSSR count). The Bertz CT molecular complexity index is 393. The highest BCUT2D eigenvalue weighted by Crippen LogP contribution is 2.32. The molecule has 92 valence electrons. The molecule has 0 saturated carbocycles. The van der Waals surface area contributed by atoms with E-state index in [0.29, 0.717) is 25.6 Å². The predicted molar refractivity (Wildman–Crippen MR) is 66.2 cm³/mol. The Kier molecular flexibility index (Phi) is 3.98. The van der Waals surface area contributed by atoms with Gasteiger partial charge in [0, 0.05) is 24.6 Å². The zero-order valence-corrected chi connectivity index (χ0v) is 10.0. The standard InChI is InChI=1S/C13H18N2O2/c1-2-15-13(16)8-14-7-10-9-17-12-6-4-3-5-11(10)12/h3-6,10,14H,2,7-9H2,1H3,(H,15,16). The number of para-hydroxylation sites is 1. The van der Waals surface area contributed by atoms with Crippen molar-refractivity contribution in [1.29, 1.82) is 0 Å². The highest BCUT2D eigenvalue weighted by Gasteiger charge is 2.22. The summed E-state index contributed by atoms with van der Waals surface area (Å²) < 4.78 is 5.58. The first kappa shape index (κ1) is 11.9. The summed E-state index contributed by atoms with van der Waals surface area (Å²) in [6.45, 7) is 4.43. The van der Waals surface area contributed by atoms with E-state index < -0.39 is 0 Å². The lowest BCUT2D eigenvalue weighted by Crippen LogP contribution is -2.35. The second kappa shape index (κ2) is 5.68. The summed E-state index contributed by atoms with van der Waals surface area (Å²) in [6.07, 6.45) is 0. The van der Waals surface area contributed by atoms with Crippen molar-refractivity contribution in [1.82, 2.24) is 10.6 Å². The molecule has 2 N–H and O–H groups in total. The Labute approximate surface area is 101 Å². The SMILES string of the molecule is CCNC(=O)CNCC1COc2ccccc21. The fraction of sp³-hybridized carbons (Fsp3) is 0.462. The van der Waals surface area contributed by atoms with Crippen LogP contribution in [0.15, 0.2) is 24.3 Å². The molecule has 1 unspecified atom stereocenters. The number of hydrogen-bond donors (Lipinski definition) is 2. The van der Waals surface area contributed by atoms with E-state index in [1.807, 2.05) is 25.1 Å². The summed E-state index contributed by atoms with van der Waals surface area (Å²) in [4.78, 5) is 11.3. The molecule has 0 saturated heterocycles. The molecule has 0 radical (unpaired) electrons. The predicted octanol–water partition coefficient (Wildman–Crippen LogP) is 0.888. The van der Waals surface area contributed by atoms with Crippen molar-refractivity contribution in [2.75, 3.05) is 26.2 Å². The van der Waals surface area contributed by atoms with Gasteiger partial charge in [0.25, 0.3) is 0 Å². The van der Waals surface area contributed by atoms with Gasteiger partial charge in [-0.05, 0) is 13.0 Å². The molecule has 0 spiro atoms. The van der Waals surface area contributed by atoms with Crippen LogP contribution in [0.2, 0.25) is 0 Å². The lowest BCUT2D eigenvalue weighted by atomic mass is 10.0. The van der Waals surface area contributed by atoms with Crippen molar-refractivity contribution in [3.05, 3.63) is 29.8 Å². The average Bonchev–Trinajstić information content (AvgIpc) is 2.73. The van der Waals surface area contributed by atoms with Gasteiger partial charge in [0.15, 0.2) is 0 Å². The van der Waals surface area contributed by atoms with E-state index in [1.165, 1.54) is 5.56 Å². The normalized spacial score (nSPS) is 17.4. The number of hydrogen-bond acceptors (Lipinski definition) is 3. The molecule has 1 amide bonds. The van der Waals surface area contributed by atoms with Gasteiger partial charge in [-0.15, -0.1) is 0 Å². The molecule has 1 aliphatic rings. The minimum absolute atomic E-state index is 0.0414.